The normalized spacial score (nSPS) is 19.2. The molecule has 104 valence electrons. The Hall–Kier alpha value is -1.22. The van der Waals surface area contributed by atoms with Gasteiger partial charge < -0.3 is 14.8 Å². The van der Waals surface area contributed by atoms with Gasteiger partial charge in [-0.25, -0.2) is 0 Å². The van der Waals surface area contributed by atoms with E-state index in [1.165, 1.54) is 24.8 Å². The van der Waals surface area contributed by atoms with E-state index in [0.29, 0.717) is 13.2 Å². The van der Waals surface area contributed by atoms with Gasteiger partial charge in [-0.3, -0.25) is 0 Å². The van der Waals surface area contributed by atoms with Crippen LogP contribution in [0, 0.1) is 5.92 Å². The van der Waals surface area contributed by atoms with E-state index in [1.807, 2.05) is 6.07 Å². The first-order chi connectivity index (χ1) is 9.36. The summed E-state index contributed by atoms with van der Waals surface area (Å²) in [5.74, 6) is 2.72. The molecule has 0 saturated heterocycles. The molecule has 3 rings (SSSR count). The Labute approximate surface area is 115 Å². The van der Waals surface area contributed by atoms with Gasteiger partial charge in [-0.1, -0.05) is 13.0 Å². The van der Waals surface area contributed by atoms with E-state index in [0.717, 1.165) is 36.4 Å². The van der Waals surface area contributed by atoms with Crippen molar-refractivity contribution in [3.8, 4) is 11.5 Å². The lowest BCUT2D eigenvalue weighted by Gasteiger charge is -2.19. The number of benzene rings is 1. The molecule has 0 spiro atoms. The third-order valence-electron chi connectivity index (χ3n) is 4.06. The van der Waals surface area contributed by atoms with E-state index in [9.17, 15) is 0 Å². The van der Waals surface area contributed by atoms with Crippen LogP contribution in [0.5, 0.6) is 11.5 Å². The van der Waals surface area contributed by atoms with E-state index < -0.39 is 0 Å². The molecule has 19 heavy (non-hydrogen) atoms. The second-order valence-electron chi connectivity index (χ2n) is 5.53. The van der Waals surface area contributed by atoms with Crippen molar-refractivity contribution in [2.45, 2.75) is 38.6 Å². The molecule has 3 heteroatoms. The van der Waals surface area contributed by atoms with E-state index >= 15 is 0 Å². The fourth-order valence-corrected chi connectivity index (χ4v) is 2.79. The highest BCUT2D eigenvalue weighted by Crippen LogP contribution is 2.34. The minimum absolute atomic E-state index is 0.660. The topological polar surface area (TPSA) is 30.5 Å². The molecule has 0 amide bonds. The summed E-state index contributed by atoms with van der Waals surface area (Å²) in [6.45, 7) is 4.65. The van der Waals surface area contributed by atoms with Gasteiger partial charge in [-0.15, -0.1) is 0 Å². The minimum atomic E-state index is 0.660. The van der Waals surface area contributed by atoms with Gasteiger partial charge in [0.1, 0.15) is 13.2 Å². The Morgan fingerprint density at radius 1 is 1.21 bits per heavy atom. The summed E-state index contributed by atoms with van der Waals surface area (Å²) in [6.07, 6.45) is 5.12. The predicted molar refractivity (Wildman–Crippen MR) is 75.9 cm³/mol. The molecule has 0 aromatic heterocycles. The molecule has 1 aliphatic carbocycles. The molecule has 1 fully saturated rings. The van der Waals surface area contributed by atoms with Gasteiger partial charge in [0, 0.05) is 6.04 Å². The molecule has 2 aliphatic rings. The molecule has 1 aromatic rings. The zero-order valence-electron chi connectivity index (χ0n) is 11.7. The number of rotatable bonds is 6. The number of hydrogen-bond acceptors (Lipinski definition) is 3. The monoisotopic (exact) mass is 261 g/mol. The van der Waals surface area contributed by atoms with Crippen LogP contribution in [0.15, 0.2) is 18.2 Å². The van der Waals surface area contributed by atoms with Gasteiger partial charge in [0.25, 0.3) is 0 Å². The first kappa shape index (κ1) is 12.8. The maximum absolute atomic E-state index is 5.62. The second kappa shape index (κ2) is 5.83. The highest BCUT2D eigenvalue weighted by Gasteiger charge is 2.29. The zero-order chi connectivity index (χ0) is 13.1. The molecule has 3 nitrogen and oxygen atoms in total. The van der Waals surface area contributed by atoms with Crippen LogP contribution in [0.1, 0.15) is 31.7 Å². The van der Waals surface area contributed by atoms with Gasteiger partial charge in [-0.2, -0.15) is 0 Å². The van der Waals surface area contributed by atoms with Gasteiger partial charge in [0.2, 0.25) is 0 Å². The summed E-state index contributed by atoms with van der Waals surface area (Å²) in [5.41, 5.74) is 1.32. The lowest BCUT2D eigenvalue weighted by Crippen LogP contribution is -2.32. The third-order valence-corrected chi connectivity index (χ3v) is 4.06. The van der Waals surface area contributed by atoms with Crippen molar-refractivity contribution in [2.24, 2.45) is 5.92 Å². The van der Waals surface area contributed by atoms with E-state index in [1.54, 1.807) is 0 Å². The molecule has 1 N–H and O–H groups in total. The average molecular weight is 261 g/mol. The van der Waals surface area contributed by atoms with Crippen LogP contribution in [0.3, 0.4) is 0 Å². The summed E-state index contributed by atoms with van der Waals surface area (Å²) in [6, 6.07) is 7.01. The maximum Gasteiger partial charge on any atom is 0.161 e. The molecular formula is C16H23NO2. The van der Waals surface area contributed by atoms with Crippen molar-refractivity contribution in [1.29, 1.82) is 0 Å². The third kappa shape index (κ3) is 3.21. The molecular weight excluding hydrogens is 238 g/mol. The number of hydrogen-bond donors (Lipinski definition) is 1. The molecule has 0 radical (unpaired) electrons. The first-order valence-electron chi connectivity index (χ1n) is 7.48. The summed E-state index contributed by atoms with van der Waals surface area (Å²) in [4.78, 5) is 0. The van der Waals surface area contributed by atoms with E-state index in [4.69, 9.17) is 9.47 Å². The molecule has 0 bridgehead atoms. The van der Waals surface area contributed by atoms with Crippen LogP contribution < -0.4 is 14.8 Å². The van der Waals surface area contributed by atoms with Crippen molar-refractivity contribution >= 4 is 0 Å². The van der Waals surface area contributed by atoms with Crippen LogP contribution in [0.25, 0.3) is 0 Å². The van der Waals surface area contributed by atoms with Gasteiger partial charge in [0.15, 0.2) is 11.5 Å². The van der Waals surface area contributed by atoms with E-state index in [-0.39, 0.29) is 0 Å². The summed E-state index contributed by atoms with van der Waals surface area (Å²) >= 11 is 0. The number of ether oxygens (including phenoxy) is 2. The van der Waals surface area contributed by atoms with Gasteiger partial charge in [0.05, 0.1) is 0 Å². The molecule has 1 atom stereocenters. The Bertz CT molecular complexity index is 429. The largest absolute Gasteiger partial charge is 0.486 e. The van der Waals surface area contributed by atoms with Crippen LogP contribution >= 0.6 is 0 Å². The quantitative estimate of drug-likeness (QED) is 0.854. The fourth-order valence-electron chi connectivity index (χ4n) is 2.79. The highest BCUT2D eigenvalue weighted by atomic mass is 16.6. The lowest BCUT2D eigenvalue weighted by atomic mass is 10.1. The van der Waals surface area contributed by atoms with Crippen molar-refractivity contribution < 1.29 is 9.47 Å². The molecule has 1 saturated carbocycles. The number of fused-ring (bicyclic) bond motifs is 1. The highest BCUT2D eigenvalue weighted by molar-refractivity contribution is 5.43. The van der Waals surface area contributed by atoms with E-state index in [2.05, 4.69) is 24.4 Å². The molecule has 1 aliphatic heterocycles. The lowest BCUT2D eigenvalue weighted by molar-refractivity contribution is 0.171. The summed E-state index contributed by atoms with van der Waals surface area (Å²) < 4.78 is 11.2. The van der Waals surface area contributed by atoms with Crippen molar-refractivity contribution in [3.05, 3.63) is 23.8 Å². The SMILES string of the molecule is CCC(NCCc1ccc2c(c1)OCCO2)C1CC1. The Morgan fingerprint density at radius 2 is 2.00 bits per heavy atom. The number of nitrogens with one attached hydrogen (secondary N) is 1. The molecule has 1 aromatic carbocycles. The predicted octanol–water partition coefficient (Wildman–Crippen LogP) is 2.78. The van der Waals surface area contributed by atoms with Gasteiger partial charge in [-0.05, 0) is 55.8 Å². The summed E-state index contributed by atoms with van der Waals surface area (Å²) in [5, 5.41) is 3.69. The standard InChI is InChI=1S/C16H23NO2/c1-2-14(13-4-5-13)17-8-7-12-3-6-15-16(11-12)19-10-9-18-15/h3,6,11,13-14,17H,2,4-5,7-10H2,1H3. The van der Waals surface area contributed by atoms with Crippen molar-refractivity contribution in [2.75, 3.05) is 19.8 Å². The Balaban J connectivity index is 1.52. The Morgan fingerprint density at radius 3 is 2.74 bits per heavy atom. The average Bonchev–Trinajstić information content (AvgIpc) is 3.28. The van der Waals surface area contributed by atoms with Crippen LogP contribution in [0.2, 0.25) is 0 Å². The second-order valence-corrected chi connectivity index (χ2v) is 5.53. The zero-order valence-corrected chi connectivity index (χ0v) is 11.7. The van der Waals surface area contributed by atoms with Crippen LogP contribution in [-0.2, 0) is 6.42 Å². The van der Waals surface area contributed by atoms with Crippen molar-refractivity contribution in [3.63, 3.8) is 0 Å². The van der Waals surface area contributed by atoms with Crippen LogP contribution in [0.4, 0.5) is 0 Å². The smallest absolute Gasteiger partial charge is 0.161 e. The minimum Gasteiger partial charge on any atom is -0.486 e. The maximum atomic E-state index is 5.62. The Kier molecular flexibility index (Phi) is 3.92. The first-order valence-corrected chi connectivity index (χ1v) is 7.48. The van der Waals surface area contributed by atoms with Gasteiger partial charge >= 0.3 is 0 Å². The molecule has 1 unspecified atom stereocenters. The van der Waals surface area contributed by atoms with Crippen LogP contribution in [-0.4, -0.2) is 25.8 Å². The fraction of sp³-hybridized carbons (Fsp3) is 0.625. The molecule has 1 heterocycles. The van der Waals surface area contributed by atoms with Crippen molar-refractivity contribution in [1.82, 2.24) is 5.32 Å². The summed E-state index contributed by atoms with van der Waals surface area (Å²) in [7, 11) is 0.